The summed E-state index contributed by atoms with van der Waals surface area (Å²) in [7, 11) is 1.53. The van der Waals surface area contributed by atoms with Crippen molar-refractivity contribution in [3.8, 4) is 5.75 Å². The fourth-order valence-corrected chi connectivity index (χ4v) is 3.34. The van der Waals surface area contributed by atoms with Crippen LogP contribution in [0, 0.1) is 5.92 Å². The SMILES string of the molecule is COc1ccc(Cl)cc1N1C[C@@H](C(=O)Nc2ccccc2Br)CC1=O. The molecule has 1 fully saturated rings. The Morgan fingerprint density at radius 3 is 2.80 bits per heavy atom. The zero-order valence-electron chi connectivity index (χ0n) is 13.5. The van der Waals surface area contributed by atoms with Crippen molar-refractivity contribution in [1.29, 1.82) is 0 Å². The third-order valence-electron chi connectivity index (χ3n) is 4.06. The molecule has 0 saturated carbocycles. The van der Waals surface area contributed by atoms with Gasteiger partial charge in [0.2, 0.25) is 11.8 Å². The summed E-state index contributed by atoms with van der Waals surface area (Å²) in [5, 5.41) is 3.37. The zero-order valence-corrected chi connectivity index (χ0v) is 15.8. The first-order valence-electron chi connectivity index (χ1n) is 7.69. The normalized spacial score (nSPS) is 16.8. The lowest BCUT2D eigenvalue weighted by Gasteiger charge is -2.20. The van der Waals surface area contributed by atoms with Crippen LogP contribution < -0.4 is 15.0 Å². The first-order valence-corrected chi connectivity index (χ1v) is 8.86. The molecule has 0 aliphatic carbocycles. The van der Waals surface area contributed by atoms with Gasteiger partial charge in [-0.2, -0.15) is 0 Å². The summed E-state index contributed by atoms with van der Waals surface area (Å²) >= 11 is 9.44. The number of para-hydroxylation sites is 1. The van der Waals surface area contributed by atoms with E-state index in [-0.39, 0.29) is 24.8 Å². The van der Waals surface area contributed by atoms with Crippen molar-refractivity contribution in [2.45, 2.75) is 6.42 Å². The van der Waals surface area contributed by atoms with Crippen LogP contribution >= 0.6 is 27.5 Å². The van der Waals surface area contributed by atoms with Crippen LogP contribution in [0.3, 0.4) is 0 Å². The molecule has 0 spiro atoms. The number of benzene rings is 2. The Balaban J connectivity index is 1.78. The predicted octanol–water partition coefficient (Wildman–Crippen LogP) is 4.10. The molecule has 1 N–H and O–H groups in total. The van der Waals surface area contributed by atoms with Gasteiger partial charge in [0, 0.05) is 22.5 Å². The Kier molecular flexibility index (Phi) is 5.30. The van der Waals surface area contributed by atoms with Gasteiger partial charge in [-0.05, 0) is 46.3 Å². The van der Waals surface area contributed by atoms with Crippen LogP contribution in [0.2, 0.25) is 5.02 Å². The fraction of sp³-hybridized carbons (Fsp3) is 0.222. The van der Waals surface area contributed by atoms with E-state index in [4.69, 9.17) is 16.3 Å². The number of nitrogens with one attached hydrogen (secondary N) is 1. The summed E-state index contributed by atoms with van der Waals surface area (Å²) < 4.78 is 6.10. The molecule has 3 rings (SSSR count). The van der Waals surface area contributed by atoms with Crippen molar-refractivity contribution in [1.82, 2.24) is 0 Å². The number of hydrogen-bond donors (Lipinski definition) is 1. The first-order chi connectivity index (χ1) is 12.0. The van der Waals surface area contributed by atoms with Crippen LogP contribution in [0.4, 0.5) is 11.4 Å². The van der Waals surface area contributed by atoms with Gasteiger partial charge in [-0.1, -0.05) is 23.7 Å². The maximum Gasteiger partial charge on any atom is 0.229 e. The van der Waals surface area contributed by atoms with Crippen molar-refractivity contribution in [2.24, 2.45) is 5.92 Å². The second-order valence-electron chi connectivity index (χ2n) is 5.69. The predicted molar refractivity (Wildman–Crippen MR) is 101 cm³/mol. The number of hydrogen-bond acceptors (Lipinski definition) is 3. The van der Waals surface area contributed by atoms with E-state index >= 15 is 0 Å². The van der Waals surface area contributed by atoms with Gasteiger partial charge in [-0.15, -0.1) is 0 Å². The van der Waals surface area contributed by atoms with Gasteiger partial charge in [0.1, 0.15) is 5.75 Å². The molecule has 1 heterocycles. The maximum atomic E-state index is 12.5. The highest BCUT2D eigenvalue weighted by molar-refractivity contribution is 9.10. The average Bonchev–Trinajstić information content (AvgIpc) is 2.98. The van der Waals surface area contributed by atoms with Crippen LogP contribution in [0.5, 0.6) is 5.75 Å². The summed E-state index contributed by atoms with van der Waals surface area (Å²) in [6, 6.07) is 12.4. The van der Waals surface area contributed by atoms with E-state index in [0.717, 1.165) is 4.47 Å². The highest BCUT2D eigenvalue weighted by atomic mass is 79.9. The van der Waals surface area contributed by atoms with Gasteiger partial charge in [0.05, 0.1) is 24.4 Å². The highest BCUT2D eigenvalue weighted by Crippen LogP contribution is 2.35. The topological polar surface area (TPSA) is 58.6 Å². The lowest BCUT2D eigenvalue weighted by Crippen LogP contribution is -2.28. The van der Waals surface area contributed by atoms with E-state index in [1.54, 1.807) is 29.2 Å². The summed E-state index contributed by atoms with van der Waals surface area (Å²) in [6.45, 7) is 0.284. The quantitative estimate of drug-likeness (QED) is 0.805. The fourth-order valence-electron chi connectivity index (χ4n) is 2.79. The molecule has 1 aliphatic rings. The summed E-state index contributed by atoms with van der Waals surface area (Å²) in [5.41, 5.74) is 1.26. The Bertz CT molecular complexity index is 828. The van der Waals surface area contributed by atoms with Gasteiger partial charge < -0.3 is 15.0 Å². The monoisotopic (exact) mass is 422 g/mol. The third kappa shape index (κ3) is 3.80. The van der Waals surface area contributed by atoms with Crippen molar-refractivity contribution < 1.29 is 14.3 Å². The standard InChI is InChI=1S/C18H16BrClN2O3/c1-25-16-7-6-12(20)9-15(16)22-10-11(8-17(22)23)18(24)21-14-5-3-2-4-13(14)19/h2-7,9,11H,8,10H2,1H3,(H,21,24)/t11-/m0/s1. The van der Waals surface area contributed by atoms with Gasteiger partial charge in [0.25, 0.3) is 0 Å². The molecule has 0 aromatic heterocycles. The molecule has 1 saturated heterocycles. The van der Waals surface area contributed by atoms with E-state index in [1.807, 2.05) is 18.2 Å². The molecule has 1 atom stereocenters. The molecule has 2 aromatic carbocycles. The van der Waals surface area contributed by atoms with E-state index in [9.17, 15) is 9.59 Å². The van der Waals surface area contributed by atoms with E-state index in [1.165, 1.54) is 7.11 Å². The van der Waals surface area contributed by atoms with E-state index < -0.39 is 5.92 Å². The number of rotatable bonds is 4. The van der Waals surface area contributed by atoms with Crippen LogP contribution in [0.1, 0.15) is 6.42 Å². The number of carbonyl (C=O) groups is 2. The minimum absolute atomic E-state index is 0.132. The Hall–Kier alpha value is -2.05. The third-order valence-corrected chi connectivity index (χ3v) is 4.99. The number of methoxy groups -OCH3 is 1. The number of halogens is 2. The smallest absolute Gasteiger partial charge is 0.229 e. The van der Waals surface area contributed by atoms with Crippen LogP contribution in [-0.2, 0) is 9.59 Å². The van der Waals surface area contributed by atoms with Crippen LogP contribution in [0.15, 0.2) is 46.9 Å². The Morgan fingerprint density at radius 2 is 2.08 bits per heavy atom. The zero-order chi connectivity index (χ0) is 18.0. The van der Waals surface area contributed by atoms with Gasteiger partial charge in [-0.3, -0.25) is 9.59 Å². The minimum atomic E-state index is -0.441. The highest BCUT2D eigenvalue weighted by Gasteiger charge is 2.36. The number of nitrogens with zero attached hydrogens (tertiary/aromatic N) is 1. The molecule has 0 unspecified atom stereocenters. The lowest BCUT2D eigenvalue weighted by molar-refractivity contribution is -0.122. The molecule has 5 nitrogen and oxygen atoms in total. The average molecular weight is 424 g/mol. The molecule has 25 heavy (non-hydrogen) atoms. The van der Waals surface area contributed by atoms with Gasteiger partial charge in [0.15, 0.2) is 0 Å². The van der Waals surface area contributed by atoms with Crippen molar-refractivity contribution in [2.75, 3.05) is 23.9 Å². The number of amides is 2. The van der Waals surface area contributed by atoms with Crippen LogP contribution in [-0.4, -0.2) is 25.5 Å². The summed E-state index contributed by atoms with van der Waals surface area (Å²) in [5.74, 6) is -0.218. The first kappa shape index (κ1) is 17.8. The molecule has 2 aromatic rings. The van der Waals surface area contributed by atoms with Crippen LogP contribution in [0.25, 0.3) is 0 Å². The molecular formula is C18H16BrClN2O3. The second-order valence-corrected chi connectivity index (χ2v) is 6.98. The van der Waals surface area contributed by atoms with Crippen molar-refractivity contribution in [3.05, 3.63) is 52.0 Å². The molecule has 0 bridgehead atoms. The van der Waals surface area contributed by atoms with Gasteiger partial charge in [-0.25, -0.2) is 0 Å². The largest absolute Gasteiger partial charge is 0.495 e. The molecular weight excluding hydrogens is 408 g/mol. The number of anilines is 2. The van der Waals surface area contributed by atoms with E-state index in [0.29, 0.717) is 22.1 Å². The second kappa shape index (κ2) is 7.45. The number of ether oxygens (including phenoxy) is 1. The molecule has 1 aliphatic heterocycles. The van der Waals surface area contributed by atoms with Crippen molar-refractivity contribution >= 4 is 50.7 Å². The lowest BCUT2D eigenvalue weighted by atomic mass is 10.1. The molecule has 7 heteroatoms. The van der Waals surface area contributed by atoms with E-state index in [2.05, 4.69) is 21.2 Å². The molecule has 2 amide bonds. The Labute approximate surface area is 159 Å². The Morgan fingerprint density at radius 1 is 1.32 bits per heavy atom. The van der Waals surface area contributed by atoms with Gasteiger partial charge >= 0.3 is 0 Å². The maximum absolute atomic E-state index is 12.5. The summed E-state index contributed by atoms with van der Waals surface area (Å²) in [6.07, 6.45) is 0.145. The molecule has 0 radical (unpaired) electrons. The minimum Gasteiger partial charge on any atom is -0.495 e. The van der Waals surface area contributed by atoms with Crippen molar-refractivity contribution in [3.63, 3.8) is 0 Å². The summed E-state index contributed by atoms with van der Waals surface area (Å²) in [4.78, 5) is 26.5. The molecule has 130 valence electrons. The number of carbonyl (C=O) groups excluding carboxylic acids is 2.